The molecule has 0 aliphatic carbocycles. The average Bonchev–Trinajstić information content (AvgIpc) is 3.32. The topological polar surface area (TPSA) is 24.8 Å². The molecule has 3 aromatic rings. The molecule has 0 radical (unpaired) electrons. The van der Waals surface area contributed by atoms with Gasteiger partial charge in [-0.25, -0.2) is 0 Å². The van der Waals surface area contributed by atoms with Gasteiger partial charge in [0, 0.05) is 12.0 Å². The van der Waals surface area contributed by atoms with Crippen molar-refractivity contribution in [2.24, 2.45) is 5.10 Å². The van der Waals surface area contributed by atoms with Crippen LogP contribution in [-0.2, 0) is 0 Å². The molecule has 1 aliphatic rings. The van der Waals surface area contributed by atoms with Crippen molar-refractivity contribution in [2.75, 3.05) is 12.1 Å². The maximum Gasteiger partial charge on any atom is 0.124 e. The molecule has 0 unspecified atom stereocenters. The van der Waals surface area contributed by atoms with E-state index in [9.17, 15) is 0 Å². The third-order valence-electron chi connectivity index (χ3n) is 4.23. The normalized spacial score (nSPS) is 17.0. The Morgan fingerprint density at radius 2 is 1.79 bits per heavy atom. The quantitative estimate of drug-likeness (QED) is 0.662. The summed E-state index contributed by atoms with van der Waals surface area (Å²) in [5, 5.41) is 9.16. The van der Waals surface area contributed by atoms with Gasteiger partial charge in [0.15, 0.2) is 0 Å². The molecular weight excluding hydrogens is 316 g/mol. The molecule has 4 heteroatoms. The van der Waals surface area contributed by atoms with Crippen LogP contribution in [0.25, 0.3) is 0 Å². The highest BCUT2D eigenvalue weighted by atomic mass is 32.1. The number of para-hydroxylation sites is 2. The molecule has 1 aliphatic heterocycles. The molecule has 0 amide bonds. The zero-order chi connectivity index (χ0) is 16.4. The second-order valence-corrected chi connectivity index (χ2v) is 6.61. The van der Waals surface area contributed by atoms with Crippen LogP contribution in [0.2, 0.25) is 0 Å². The molecular formula is C20H18N2OS. The fraction of sp³-hybridized carbons (Fsp3) is 0.150. The second-order valence-electron chi connectivity index (χ2n) is 5.67. The predicted molar refractivity (Wildman–Crippen MR) is 100 cm³/mol. The van der Waals surface area contributed by atoms with Gasteiger partial charge in [0.25, 0.3) is 0 Å². The van der Waals surface area contributed by atoms with E-state index in [2.05, 4.69) is 46.8 Å². The van der Waals surface area contributed by atoms with E-state index in [1.54, 1.807) is 18.4 Å². The van der Waals surface area contributed by atoms with Crippen molar-refractivity contribution < 1.29 is 4.74 Å². The Morgan fingerprint density at radius 1 is 1.00 bits per heavy atom. The highest BCUT2D eigenvalue weighted by molar-refractivity contribution is 7.12. The molecule has 120 valence electrons. The molecule has 1 atom stereocenters. The molecule has 24 heavy (non-hydrogen) atoms. The molecule has 0 fully saturated rings. The molecule has 1 aromatic heterocycles. The van der Waals surface area contributed by atoms with E-state index < -0.39 is 0 Å². The Morgan fingerprint density at radius 3 is 2.54 bits per heavy atom. The molecule has 2 aromatic carbocycles. The van der Waals surface area contributed by atoms with Crippen molar-refractivity contribution in [1.29, 1.82) is 0 Å². The van der Waals surface area contributed by atoms with E-state index in [0.29, 0.717) is 0 Å². The van der Waals surface area contributed by atoms with Crippen LogP contribution in [0.4, 0.5) is 5.69 Å². The largest absolute Gasteiger partial charge is 0.496 e. The number of hydrogen-bond donors (Lipinski definition) is 0. The Hall–Kier alpha value is -2.59. The van der Waals surface area contributed by atoms with Crippen molar-refractivity contribution in [2.45, 2.75) is 12.5 Å². The number of methoxy groups -OCH3 is 1. The number of anilines is 1. The van der Waals surface area contributed by atoms with Crippen molar-refractivity contribution in [3.63, 3.8) is 0 Å². The monoisotopic (exact) mass is 334 g/mol. The van der Waals surface area contributed by atoms with Gasteiger partial charge in [0.2, 0.25) is 0 Å². The van der Waals surface area contributed by atoms with E-state index in [1.807, 2.05) is 30.3 Å². The average molecular weight is 334 g/mol. The summed E-state index contributed by atoms with van der Waals surface area (Å²) < 4.78 is 5.59. The van der Waals surface area contributed by atoms with Gasteiger partial charge in [-0.3, -0.25) is 5.01 Å². The lowest BCUT2D eigenvalue weighted by Crippen LogP contribution is -2.19. The van der Waals surface area contributed by atoms with Gasteiger partial charge in [-0.15, -0.1) is 11.3 Å². The van der Waals surface area contributed by atoms with Crippen molar-refractivity contribution in [3.05, 3.63) is 82.6 Å². The summed E-state index contributed by atoms with van der Waals surface area (Å²) in [6.45, 7) is 0. The molecule has 0 bridgehead atoms. The Kier molecular flexibility index (Phi) is 4.05. The minimum Gasteiger partial charge on any atom is -0.496 e. The van der Waals surface area contributed by atoms with Gasteiger partial charge in [0.1, 0.15) is 5.75 Å². The van der Waals surface area contributed by atoms with E-state index in [1.165, 1.54) is 10.4 Å². The number of benzene rings is 2. The Labute approximate surface area is 145 Å². The first-order valence-corrected chi connectivity index (χ1v) is 8.83. The smallest absolute Gasteiger partial charge is 0.124 e. The third-order valence-corrected chi connectivity index (χ3v) is 5.15. The minimum absolute atomic E-state index is 0.139. The first-order valence-electron chi connectivity index (χ1n) is 7.95. The first kappa shape index (κ1) is 15.0. The van der Waals surface area contributed by atoms with Gasteiger partial charge >= 0.3 is 0 Å². The molecule has 2 heterocycles. The fourth-order valence-corrected chi connectivity index (χ4v) is 3.83. The molecule has 0 saturated carbocycles. The zero-order valence-electron chi connectivity index (χ0n) is 13.4. The Bertz CT molecular complexity index is 843. The van der Waals surface area contributed by atoms with E-state index >= 15 is 0 Å². The molecule has 4 rings (SSSR count). The van der Waals surface area contributed by atoms with Crippen LogP contribution in [0.15, 0.2) is 77.2 Å². The van der Waals surface area contributed by atoms with Crippen LogP contribution in [0.1, 0.15) is 22.9 Å². The maximum atomic E-state index is 5.59. The van der Waals surface area contributed by atoms with E-state index in [-0.39, 0.29) is 6.04 Å². The molecule has 0 spiro atoms. The van der Waals surface area contributed by atoms with E-state index in [0.717, 1.165) is 23.6 Å². The minimum atomic E-state index is 0.139. The van der Waals surface area contributed by atoms with Gasteiger partial charge < -0.3 is 4.74 Å². The van der Waals surface area contributed by atoms with Crippen LogP contribution < -0.4 is 9.75 Å². The van der Waals surface area contributed by atoms with Crippen LogP contribution in [0.3, 0.4) is 0 Å². The number of ether oxygens (including phenoxy) is 1. The number of hydrazone groups is 1. The van der Waals surface area contributed by atoms with Crippen molar-refractivity contribution in [3.8, 4) is 5.75 Å². The fourth-order valence-electron chi connectivity index (χ4n) is 3.10. The van der Waals surface area contributed by atoms with Crippen LogP contribution in [0, 0.1) is 0 Å². The van der Waals surface area contributed by atoms with Gasteiger partial charge in [-0.2, -0.15) is 5.10 Å². The summed E-state index contributed by atoms with van der Waals surface area (Å²) in [7, 11) is 1.72. The summed E-state index contributed by atoms with van der Waals surface area (Å²) in [4.78, 5) is 1.23. The number of thiophene rings is 1. The van der Waals surface area contributed by atoms with Gasteiger partial charge in [-0.05, 0) is 29.6 Å². The number of rotatable bonds is 4. The number of nitrogens with zero attached hydrogens (tertiary/aromatic N) is 2. The van der Waals surface area contributed by atoms with Crippen molar-refractivity contribution in [1.82, 2.24) is 0 Å². The first-order chi connectivity index (χ1) is 11.9. The molecule has 3 nitrogen and oxygen atoms in total. The predicted octanol–water partition coefficient (Wildman–Crippen LogP) is 5.11. The SMILES string of the molecule is COc1ccccc1[C@H]1CC(c2cccs2)=NN1c1ccccc1. The molecule has 0 saturated heterocycles. The van der Waals surface area contributed by atoms with Crippen LogP contribution in [-0.4, -0.2) is 12.8 Å². The summed E-state index contributed by atoms with van der Waals surface area (Å²) in [5.41, 5.74) is 3.39. The lowest BCUT2D eigenvalue weighted by Gasteiger charge is -2.25. The standard InChI is InChI=1S/C20H18N2OS/c1-23-19-11-6-5-10-16(19)18-14-17(20-12-7-13-24-20)21-22(18)15-8-3-2-4-9-15/h2-13,18H,14H2,1H3/t18-/m1/s1. The van der Waals surface area contributed by atoms with Crippen LogP contribution >= 0.6 is 11.3 Å². The maximum absolute atomic E-state index is 5.59. The summed E-state index contributed by atoms with van der Waals surface area (Å²) in [5.74, 6) is 0.908. The van der Waals surface area contributed by atoms with Crippen molar-refractivity contribution >= 4 is 22.7 Å². The van der Waals surface area contributed by atoms with Crippen LogP contribution in [0.5, 0.6) is 5.75 Å². The highest BCUT2D eigenvalue weighted by Gasteiger charge is 2.31. The summed E-state index contributed by atoms with van der Waals surface area (Å²) in [6.07, 6.45) is 0.871. The molecule has 0 N–H and O–H groups in total. The summed E-state index contributed by atoms with van der Waals surface area (Å²) >= 11 is 1.74. The lowest BCUT2D eigenvalue weighted by molar-refractivity contribution is 0.405. The Balaban J connectivity index is 1.78. The highest BCUT2D eigenvalue weighted by Crippen LogP contribution is 2.40. The number of hydrogen-bond acceptors (Lipinski definition) is 4. The van der Waals surface area contributed by atoms with Gasteiger partial charge in [-0.1, -0.05) is 42.5 Å². The summed E-state index contributed by atoms with van der Waals surface area (Å²) in [6, 6.07) is 22.9. The zero-order valence-corrected chi connectivity index (χ0v) is 14.2. The van der Waals surface area contributed by atoms with E-state index in [4.69, 9.17) is 9.84 Å². The lowest BCUT2D eigenvalue weighted by atomic mass is 10.00. The third kappa shape index (κ3) is 2.69. The second kappa shape index (κ2) is 6.49. The van der Waals surface area contributed by atoms with Gasteiger partial charge in [0.05, 0.1) is 29.4 Å².